The lowest BCUT2D eigenvalue weighted by Crippen LogP contribution is -2.31. The monoisotopic (exact) mass is 180 g/mol. The van der Waals surface area contributed by atoms with Crippen LogP contribution in [0.2, 0.25) is 0 Å². The zero-order valence-electron chi connectivity index (χ0n) is 7.61. The van der Waals surface area contributed by atoms with Crippen molar-refractivity contribution in [3.63, 3.8) is 0 Å². The van der Waals surface area contributed by atoms with Gasteiger partial charge in [0, 0.05) is 6.20 Å². The van der Waals surface area contributed by atoms with Gasteiger partial charge in [-0.1, -0.05) is 0 Å². The maximum absolute atomic E-state index is 10.7. The van der Waals surface area contributed by atoms with Crippen molar-refractivity contribution in [3.8, 4) is 0 Å². The smallest absolute Gasteiger partial charge is 0.286 e. The second-order valence-corrected chi connectivity index (χ2v) is 3.35. The average Bonchev–Trinajstić information content (AvgIpc) is 2.03. The van der Waals surface area contributed by atoms with E-state index in [9.17, 15) is 4.79 Å². The molecule has 0 atom stereocenters. The van der Waals surface area contributed by atoms with Crippen LogP contribution in [-0.2, 0) is 5.54 Å². The molecule has 1 aromatic heterocycles. The summed E-state index contributed by atoms with van der Waals surface area (Å²) in [5.41, 5.74) is 10.8. The fourth-order valence-corrected chi connectivity index (χ4v) is 0.836. The highest BCUT2D eigenvalue weighted by atomic mass is 16.1. The molecule has 4 N–H and O–H groups in total. The van der Waals surface area contributed by atoms with E-state index in [0.29, 0.717) is 5.69 Å². The van der Waals surface area contributed by atoms with Gasteiger partial charge in [-0.3, -0.25) is 4.79 Å². The third-order valence-corrected chi connectivity index (χ3v) is 1.54. The molecule has 0 unspecified atom stereocenters. The molecule has 1 rings (SSSR count). The first-order chi connectivity index (χ1) is 5.91. The van der Waals surface area contributed by atoms with Crippen LogP contribution in [-0.4, -0.2) is 15.9 Å². The molecule has 0 saturated carbocycles. The van der Waals surface area contributed by atoms with Gasteiger partial charge in [-0.15, -0.1) is 0 Å². The van der Waals surface area contributed by atoms with E-state index >= 15 is 0 Å². The number of amides is 1. The number of carbonyl (C=O) groups excluding carboxylic acids is 1. The van der Waals surface area contributed by atoms with E-state index in [1.54, 1.807) is 19.9 Å². The third kappa shape index (κ3) is 2.22. The Hall–Kier alpha value is -1.49. The molecule has 70 valence electrons. The van der Waals surface area contributed by atoms with Crippen LogP contribution < -0.4 is 11.5 Å². The van der Waals surface area contributed by atoms with Gasteiger partial charge in [-0.2, -0.15) is 0 Å². The van der Waals surface area contributed by atoms with E-state index in [1.807, 2.05) is 0 Å². The van der Waals surface area contributed by atoms with Crippen LogP contribution in [0.15, 0.2) is 12.3 Å². The predicted octanol–water partition coefficient (Wildman–Crippen LogP) is -0.231. The van der Waals surface area contributed by atoms with E-state index in [0.717, 1.165) is 0 Å². The molecule has 0 saturated heterocycles. The first kappa shape index (κ1) is 9.60. The topological polar surface area (TPSA) is 94.9 Å². The van der Waals surface area contributed by atoms with Crippen LogP contribution in [0.1, 0.15) is 30.2 Å². The molecule has 0 aliphatic rings. The Kier molecular flexibility index (Phi) is 2.29. The van der Waals surface area contributed by atoms with E-state index in [-0.39, 0.29) is 5.82 Å². The molecule has 5 nitrogen and oxygen atoms in total. The normalized spacial score (nSPS) is 11.3. The molecule has 0 fully saturated rings. The molecular weight excluding hydrogens is 168 g/mol. The fourth-order valence-electron chi connectivity index (χ4n) is 0.836. The van der Waals surface area contributed by atoms with Gasteiger partial charge in [0.1, 0.15) is 0 Å². The highest BCUT2D eigenvalue weighted by Gasteiger charge is 2.17. The summed E-state index contributed by atoms with van der Waals surface area (Å²) in [7, 11) is 0. The van der Waals surface area contributed by atoms with Crippen molar-refractivity contribution in [1.29, 1.82) is 0 Å². The molecule has 0 bridgehead atoms. The molecule has 0 aliphatic carbocycles. The van der Waals surface area contributed by atoms with E-state index in [2.05, 4.69) is 9.97 Å². The van der Waals surface area contributed by atoms with Crippen molar-refractivity contribution in [2.75, 3.05) is 0 Å². The lowest BCUT2D eigenvalue weighted by atomic mass is 10.0. The van der Waals surface area contributed by atoms with Crippen molar-refractivity contribution in [2.45, 2.75) is 19.4 Å². The van der Waals surface area contributed by atoms with Crippen LogP contribution in [0.5, 0.6) is 0 Å². The van der Waals surface area contributed by atoms with Crippen LogP contribution in [0.3, 0.4) is 0 Å². The van der Waals surface area contributed by atoms with Crippen molar-refractivity contribution in [3.05, 3.63) is 23.8 Å². The predicted molar refractivity (Wildman–Crippen MR) is 47.8 cm³/mol. The maximum Gasteiger partial charge on any atom is 0.286 e. The van der Waals surface area contributed by atoms with E-state index in [1.165, 1.54) is 6.20 Å². The molecule has 0 aromatic carbocycles. The first-order valence-corrected chi connectivity index (χ1v) is 3.83. The average molecular weight is 180 g/mol. The van der Waals surface area contributed by atoms with Gasteiger partial charge in [0.15, 0.2) is 0 Å². The van der Waals surface area contributed by atoms with Gasteiger partial charge >= 0.3 is 0 Å². The Morgan fingerprint density at radius 1 is 1.54 bits per heavy atom. The summed E-state index contributed by atoms with van der Waals surface area (Å²) in [6.07, 6.45) is 1.47. The van der Waals surface area contributed by atoms with Crippen molar-refractivity contribution < 1.29 is 4.79 Å². The zero-order chi connectivity index (χ0) is 10.1. The Balaban J connectivity index is 3.13. The van der Waals surface area contributed by atoms with Gasteiger partial charge in [0.25, 0.3) is 5.91 Å². The summed E-state index contributed by atoms with van der Waals surface area (Å²) in [6.45, 7) is 3.58. The number of rotatable bonds is 2. The van der Waals surface area contributed by atoms with E-state index in [4.69, 9.17) is 11.5 Å². The Labute approximate surface area is 76.2 Å². The van der Waals surface area contributed by atoms with Crippen LogP contribution in [0, 0.1) is 0 Å². The molecule has 1 heterocycles. The molecular formula is C8H12N4O. The highest BCUT2D eigenvalue weighted by Crippen LogP contribution is 2.12. The number of aromatic nitrogens is 2. The molecule has 0 spiro atoms. The molecule has 5 heteroatoms. The van der Waals surface area contributed by atoms with Gasteiger partial charge in [-0.05, 0) is 19.9 Å². The summed E-state index contributed by atoms with van der Waals surface area (Å²) in [4.78, 5) is 18.4. The number of hydrogen-bond acceptors (Lipinski definition) is 4. The molecule has 0 aliphatic heterocycles. The summed E-state index contributed by atoms with van der Waals surface area (Å²) in [6, 6.07) is 1.66. The van der Waals surface area contributed by atoms with Gasteiger partial charge in [0.2, 0.25) is 5.82 Å². The number of nitrogens with two attached hydrogens (primary N) is 2. The molecule has 13 heavy (non-hydrogen) atoms. The minimum Gasteiger partial charge on any atom is -0.363 e. The lowest BCUT2D eigenvalue weighted by Gasteiger charge is -2.17. The van der Waals surface area contributed by atoms with Gasteiger partial charge in [-0.25, -0.2) is 9.97 Å². The largest absolute Gasteiger partial charge is 0.363 e. The lowest BCUT2D eigenvalue weighted by molar-refractivity contribution is 0.0990. The van der Waals surface area contributed by atoms with Gasteiger partial charge < -0.3 is 11.5 Å². The summed E-state index contributed by atoms with van der Waals surface area (Å²) >= 11 is 0. The quantitative estimate of drug-likeness (QED) is 0.657. The van der Waals surface area contributed by atoms with Crippen molar-refractivity contribution in [1.82, 2.24) is 9.97 Å². The molecule has 1 amide bonds. The summed E-state index contributed by atoms with van der Waals surface area (Å²) in [5.74, 6) is -0.651. The Morgan fingerprint density at radius 3 is 2.62 bits per heavy atom. The van der Waals surface area contributed by atoms with E-state index < -0.39 is 11.4 Å². The summed E-state index contributed by atoms with van der Waals surface area (Å²) in [5, 5.41) is 0. The second kappa shape index (κ2) is 3.10. The number of nitrogens with zero attached hydrogens (tertiary/aromatic N) is 2. The third-order valence-electron chi connectivity index (χ3n) is 1.54. The van der Waals surface area contributed by atoms with Crippen LogP contribution >= 0.6 is 0 Å². The fraction of sp³-hybridized carbons (Fsp3) is 0.375. The molecule has 0 radical (unpaired) electrons. The Bertz CT molecular complexity index is 329. The molecule has 1 aromatic rings. The minimum atomic E-state index is -0.647. The zero-order valence-corrected chi connectivity index (χ0v) is 7.61. The van der Waals surface area contributed by atoms with Crippen molar-refractivity contribution >= 4 is 5.91 Å². The number of hydrogen-bond donors (Lipinski definition) is 2. The Morgan fingerprint density at radius 2 is 2.15 bits per heavy atom. The summed E-state index contributed by atoms with van der Waals surface area (Å²) < 4.78 is 0. The maximum atomic E-state index is 10.7. The highest BCUT2D eigenvalue weighted by molar-refractivity contribution is 5.88. The van der Waals surface area contributed by atoms with Crippen LogP contribution in [0.4, 0.5) is 0 Å². The first-order valence-electron chi connectivity index (χ1n) is 3.83. The van der Waals surface area contributed by atoms with Gasteiger partial charge in [0.05, 0.1) is 11.2 Å². The minimum absolute atomic E-state index is 0.00368. The van der Waals surface area contributed by atoms with Crippen LogP contribution in [0.25, 0.3) is 0 Å². The number of primary amides is 1. The standard InChI is InChI=1S/C8H12N4O/c1-8(2,10)5-3-4-11-7(12-5)6(9)13/h3-4H,10H2,1-2H3,(H2,9,13). The number of carbonyl (C=O) groups is 1. The SMILES string of the molecule is CC(C)(N)c1ccnc(C(N)=O)n1. The van der Waals surface area contributed by atoms with Crippen molar-refractivity contribution in [2.24, 2.45) is 11.5 Å². The second-order valence-electron chi connectivity index (χ2n) is 3.35.